The second-order valence-electron chi connectivity index (χ2n) is 9.87. The Hall–Kier alpha value is -2.05. The molecular weight excluding hydrogens is 443 g/mol. The average molecular weight is 485 g/mol. The van der Waals surface area contributed by atoms with Gasteiger partial charge in [-0.05, 0) is 99.2 Å². The van der Waals surface area contributed by atoms with Crippen LogP contribution in [-0.4, -0.2) is 44.5 Å². The molecule has 1 aliphatic heterocycles. The van der Waals surface area contributed by atoms with Gasteiger partial charge in [0.15, 0.2) is 0 Å². The van der Waals surface area contributed by atoms with Crippen molar-refractivity contribution in [3.05, 3.63) is 58.5 Å². The third kappa shape index (κ3) is 8.31. The molecule has 0 bridgehead atoms. The summed E-state index contributed by atoms with van der Waals surface area (Å²) in [5.41, 5.74) is 2.34. The maximum absolute atomic E-state index is 15.1. The Morgan fingerprint density at radius 1 is 1.32 bits per heavy atom. The summed E-state index contributed by atoms with van der Waals surface area (Å²) in [6.45, 7) is 6.16. The molecule has 0 radical (unpaired) electrons. The lowest BCUT2D eigenvalue weighted by Crippen LogP contribution is -2.31. The van der Waals surface area contributed by atoms with Crippen molar-refractivity contribution in [3.8, 4) is 0 Å². The molecule has 1 heterocycles. The van der Waals surface area contributed by atoms with E-state index in [1.54, 1.807) is 18.6 Å². The topological polar surface area (TPSA) is 30.9 Å². The zero-order valence-electron chi connectivity index (χ0n) is 21.2. The number of nitrogens with one attached hydrogen (secondary N) is 1. The highest BCUT2D eigenvalue weighted by molar-refractivity contribution is 7.84. The van der Waals surface area contributed by atoms with Crippen molar-refractivity contribution >= 4 is 30.7 Å². The van der Waals surface area contributed by atoms with Crippen LogP contribution in [0, 0.1) is 17.7 Å². The van der Waals surface area contributed by atoms with Crippen LogP contribution in [-0.2, 0) is 0 Å². The minimum absolute atomic E-state index is 0.180. The highest BCUT2D eigenvalue weighted by atomic mass is 32.1. The van der Waals surface area contributed by atoms with E-state index in [1.165, 1.54) is 12.8 Å². The normalized spacial score (nSPS) is 20.8. The van der Waals surface area contributed by atoms with E-state index in [9.17, 15) is 0 Å². The quantitative estimate of drug-likeness (QED) is 0.154. The first-order chi connectivity index (χ1) is 16.4. The van der Waals surface area contributed by atoms with Gasteiger partial charge in [0.05, 0.1) is 12.0 Å². The van der Waals surface area contributed by atoms with E-state index < -0.39 is 0 Å². The van der Waals surface area contributed by atoms with Crippen LogP contribution in [0.3, 0.4) is 0 Å². The van der Waals surface area contributed by atoms with Crippen molar-refractivity contribution in [1.82, 2.24) is 10.2 Å². The van der Waals surface area contributed by atoms with Crippen molar-refractivity contribution in [3.63, 3.8) is 0 Å². The highest BCUT2D eigenvalue weighted by Crippen LogP contribution is 2.39. The summed E-state index contributed by atoms with van der Waals surface area (Å²) >= 11 is 4.74. The molecule has 1 saturated heterocycles. The van der Waals surface area contributed by atoms with Gasteiger partial charge in [0.25, 0.3) is 0 Å². The molecule has 0 spiro atoms. The zero-order valence-corrected chi connectivity index (χ0v) is 22.1. The number of hydrogen-bond donors (Lipinski definition) is 2. The van der Waals surface area contributed by atoms with Crippen LogP contribution in [0.4, 0.5) is 10.1 Å². The summed E-state index contributed by atoms with van der Waals surface area (Å²) < 4.78 is 15.1. The van der Waals surface area contributed by atoms with Gasteiger partial charge in [-0.15, -0.1) is 12.6 Å². The van der Waals surface area contributed by atoms with Crippen molar-refractivity contribution in [2.75, 3.05) is 32.1 Å². The summed E-state index contributed by atoms with van der Waals surface area (Å²) in [7, 11) is 4.17. The summed E-state index contributed by atoms with van der Waals surface area (Å²) in [6, 6.07) is 5.98. The Morgan fingerprint density at radius 3 is 2.76 bits per heavy atom. The second kappa shape index (κ2) is 13.1. The number of rotatable bonds is 12. The molecular formula is C28H41FN4S. The van der Waals surface area contributed by atoms with Gasteiger partial charge in [0.1, 0.15) is 5.82 Å². The molecule has 2 aliphatic rings. The fourth-order valence-corrected chi connectivity index (χ4v) is 4.67. The van der Waals surface area contributed by atoms with Gasteiger partial charge >= 0.3 is 0 Å². The Morgan fingerprint density at radius 2 is 2.12 bits per heavy atom. The minimum atomic E-state index is -0.180. The molecule has 1 saturated carbocycles. The van der Waals surface area contributed by atoms with Crippen LogP contribution in [0.1, 0.15) is 57.9 Å². The van der Waals surface area contributed by atoms with Gasteiger partial charge in [-0.25, -0.2) is 9.38 Å². The molecule has 34 heavy (non-hydrogen) atoms. The van der Waals surface area contributed by atoms with E-state index in [0.29, 0.717) is 11.7 Å². The zero-order chi connectivity index (χ0) is 24.5. The molecule has 1 aromatic carbocycles. The summed E-state index contributed by atoms with van der Waals surface area (Å²) in [5, 5.41) is 3.24. The van der Waals surface area contributed by atoms with E-state index in [-0.39, 0.29) is 5.82 Å². The molecule has 2 unspecified atom stereocenters. The molecule has 0 amide bonds. The van der Waals surface area contributed by atoms with Crippen LogP contribution < -0.4 is 10.2 Å². The maximum Gasteiger partial charge on any atom is 0.147 e. The molecule has 2 atom stereocenters. The molecule has 2 fully saturated rings. The Kier molecular flexibility index (Phi) is 10.3. The fourth-order valence-electron chi connectivity index (χ4n) is 4.41. The number of hydrogen-bond acceptors (Lipinski definition) is 4. The molecule has 1 aromatic rings. The summed E-state index contributed by atoms with van der Waals surface area (Å²) in [6.07, 6.45) is 16.3. The molecule has 1 aliphatic carbocycles. The van der Waals surface area contributed by atoms with Gasteiger partial charge in [-0.1, -0.05) is 26.0 Å². The third-order valence-electron chi connectivity index (χ3n) is 6.87. The molecule has 4 nitrogen and oxygen atoms in total. The number of likely N-dealkylation sites (N-methyl/N-ethyl adjacent to an activating group) is 1. The van der Waals surface area contributed by atoms with Gasteiger partial charge in [-0.3, -0.25) is 0 Å². The highest BCUT2D eigenvalue weighted by Gasteiger charge is 2.27. The fraction of sp³-hybridized carbons (Fsp3) is 0.536. The number of allylic oxidation sites excluding steroid dienone is 3. The first kappa shape index (κ1) is 26.6. The second-order valence-corrected chi connectivity index (χ2v) is 10.4. The summed E-state index contributed by atoms with van der Waals surface area (Å²) in [4.78, 5) is 9.65. The predicted octanol–water partition coefficient (Wildman–Crippen LogP) is 6.49. The van der Waals surface area contributed by atoms with E-state index in [4.69, 9.17) is 12.6 Å². The van der Waals surface area contributed by atoms with Crippen molar-refractivity contribution < 1.29 is 4.39 Å². The van der Waals surface area contributed by atoms with Crippen molar-refractivity contribution in [2.24, 2.45) is 16.8 Å². The van der Waals surface area contributed by atoms with Crippen LogP contribution in [0.5, 0.6) is 0 Å². The number of anilines is 1. The van der Waals surface area contributed by atoms with Crippen molar-refractivity contribution in [2.45, 2.75) is 58.4 Å². The minimum Gasteiger partial charge on any atom is -0.368 e. The first-order valence-electron chi connectivity index (χ1n) is 12.6. The van der Waals surface area contributed by atoms with E-state index >= 15 is 4.39 Å². The van der Waals surface area contributed by atoms with E-state index in [1.807, 2.05) is 30.4 Å². The Bertz CT molecular complexity index is 917. The van der Waals surface area contributed by atoms with Gasteiger partial charge in [-0.2, -0.15) is 0 Å². The number of nitrogens with zero attached hydrogens (tertiary/aromatic N) is 3. The number of halogens is 1. The molecule has 6 heteroatoms. The lowest BCUT2D eigenvalue weighted by molar-refractivity contribution is 0.315. The smallest absolute Gasteiger partial charge is 0.147 e. The van der Waals surface area contributed by atoms with E-state index in [2.05, 4.69) is 48.1 Å². The van der Waals surface area contributed by atoms with Gasteiger partial charge in [0, 0.05) is 31.0 Å². The average Bonchev–Trinajstić information content (AvgIpc) is 3.54. The lowest BCUT2D eigenvalue weighted by Gasteiger charge is -2.22. The molecule has 1 N–H and O–H groups in total. The predicted molar refractivity (Wildman–Crippen MR) is 148 cm³/mol. The van der Waals surface area contributed by atoms with Crippen molar-refractivity contribution in [1.29, 1.82) is 0 Å². The van der Waals surface area contributed by atoms with Crippen LogP contribution in [0.2, 0.25) is 0 Å². The monoisotopic (exact) mass is 484 g/mol. The Labute approximate surface area is 211 Å². The molecule has 0 aromatic heterocycles. The molecule has 3 rings (SSSR count). The van der Waals surface area contributed by atoms with Gasteiger partial charge in [0.2, 0.25) is 0 Å². The van der Waals surface area contributed by atoms with Crippen LogP contribution in [0.25, 0.3) is 6.08 Å². The summed E-state index contributed by atoms with van der Waals surface area (Å²) in [5.74, 6) is 1.47. The van der Waals surface area contributed by atoms with E-state index in [0.717, 1.165) is 66.8 Å². The number of benzene rings is 1. The van der Waals surface area contributed by atoms with Crippen LogP contribution >= 0.6 is 12.6 Å². The lowest BCUT2D eigenvalue weighted by atomic mass is 10.00. The molecule has 186 valence electrons. The van der Waals surface area contributed by atoms with Gasteiger partial charge < -0.3 is 15.1 Å². The standard InChI is InChI=1S/C28H41FN4S/c1-5-6-14-30-20-31-24(18-26(34)11-7-21(2)23-9-10-23)16-22-8-12-28(27(29)17-22)33-15-13-25(19-33)32(3)4/h6,8,12,14,16-18,20-21,23,25,34H,5,7,9-11,13,15,19H2,1-4H3,(H,30,31)/b14-6+,24-16-,26-18-. The number of thiol groups is 1. The largest absolute Gasteiger partial charge is 0.368 e. The maximum atomic E-state index is 15.1. The van der Waals surface area contributed by atoms with Crippen LogP contribution in [0.15, 0.2) is 52.1 Å². The SMILES string of the molecule is CC/C=C/N=CNC(/C=C(\S)CCC(C)C1CC1)=C\c1ccc(N2CCC(N(C)C)C2)c(F)c1. The Balaban J connectivity index is 1.73. The third-order valence-corrected chi connectivity index (χ3v) is 7.22. The first-order valence-corrected chi connectivity index (χ1v) is 13.1. The number of aliphatic imine (C=N–C) groups is 1.